The third-order valence-electron chi connectivity index (χ3n) is 8.67. The number of fused-ring (bicyclic) bond motifs is 7. The summed E-state index contributed by atoms with van der Waals surface area (Å²) in [7, 11) is -2.60. The summed E-state index contributed by atoms with van der Waals surface area (Å²) in [5.74, 6) is 0. The van der Waals surface area contributed by atoms with Crippen molar-refractivity contribution in [1.82, 2.24) is 0 Å². The fourth-order valence-corrected chi connectivity index (χ4v) is 12.6. The van der Waals surface area contributed by atoms with Crippen molar-refractivity contribution in [3.05, 3.63) is 152 Å². The van der Waals surface area contributed by atoms with Gasteiger partial charge in [0.2, 0.25) is 6.71 Å². The highest BCUT2D eigenvalue weighted by atomic mass is 28.3. The summed E-state index contributed by atoms with van der Waals surface area (Å²) in [6.45, 7) is 0.189. The highest BCUT2D eigenvalue weighted by Crippen LogP contribution is 2.34. The van der Waals surface area contributed by atoms with E-state index in [1.165, 1.54) is 59.4 Å². The van der Waals surface area contributed by atoms with Crippen LogP contribution in [0.2, 0.25) is 0 Å². The summed E-state index contributed by atoms with van der Waals surface area (Å²) in [4.78, 5) is 0. The third kappa shape index (κ3) is 2.81. The monoisotopic (exact) mass is 496 g/mol. The number of rotatable bonds is 2. The molecular weight excluding hydrogens is 471 g/mol. The summed E-state index contributed by atoms with van der Waals surface area (Å²) in [5, 5.41) is 5.91. The second kappa shape index (κ2) is 8.31. The van der Waals surface area contributed by atoms with Crippen LogP contribution in [-0.2, 0) is 0 Å². The standard InChI is InChI=1S/C36H25BSi/c1-3-14-26(15-4-1)38(27-16-5-2-6-17-27)34-24-12-11-23-33(34)37-32-22-10-9-20-30(32)28-18-7-8-19-29(28)31-21-13-25-35(38)36(31)37/h1-25H. The molecule has 2 heterocycles. The molecule has 0 amide bonds. The van der Waals surface area contributed by atoms with Crippen LogP contribution in [0.1, 0.15) is 0 Å². The number of hydrogen-bond acceptors (Lipinski definition) is 0. The van der Waals surface area contributed by atoms with Gasteiger partial charge in [0, 0.05) is 0 Å². The highest BCUT2D eigenvalue weighted by Gasteiger charge is 2.51. The van der Waals surface area contributed by atoms with Crippen LogP contribution in [0, 0.1) is 0 Å². The number of benzene rings is 6. The van der Waals surface area contributed by atoms with E-state index >= 15 is 0 Å². The first-order valence-electron chi connectivity index (χ1n) is 13.4. The molecule has 0 nitrogen and oxygen atoms in total. The van der Waals surface area contributed by atoms with Crippen molar-refractivity contribution in [1.29, 1.82) is 0 Å². The maximum absolute atomic E-state index is 2.60. The lowest BCUT2D eigenvalue weighted by Gasteiger charge is -2.43. The van der Waals surface area contributed by atoms with Gasteiger partial charge in [0.1, 0.15) is 0 Å². The van der Waals surface area contributed by atoms with E-state index in [0.29, 0.717) is 0 Å². The topological polar surface area (TPSA) is 0 Å². The van der Waals surface area contributed by atoms with Crippen molar-refractivity contribution >= 4 is 51.9 Å². The predicted octanol–water partition coefficient (Wildman–Crippen LogP) is 3.54. The van der Waals surface area contributed by atoms with Gasteiger partial charge in [-0.3, -0.25) is 0 Å². The molecule has 0 bridgehead atoms. The summed E-state index contributed by atoms with van der Waals surface area (Å²) >= 11 is 0. The minimum Gasteiger partial charge on any atom is -0.0682 e. The molecule has 0 saturated heterocycles. The Bertz CT molecular complexity index is 1780. The van der Waals surface area contributed by atoms with Crippen LogP contribution in [0.25, 0.3) is 22.3 Å². The van der Waals surface area contributed by atoms with Crippen LogP contribution in [0.15, 0.2) is 152 Å². The molecule has 8 rings (SSSR count). The third-order valence-corrected chi connectivity index (χ3v) is 13.6. The average molecular weight is 496 g/mol. The molecule has 6 aromatic rings. The van der Waals surface area contributed by atoms with Gasteiger partial charge in [0.25, 0.3) is 0 Å². The van der Waals surface area contributed by atoms with Gasteiger partial charge in [-0.25, -0.2) is 0 Å². The van der Waals surface area contributed by atoms with Crippen molar-refractivity contribution in [2.75, 3.05) is 0 Å². The molecule has 0 saturated carbocycles. The van der Waals surface area contributed by atoms with E-state index in [4.69, 9.17) is 0 Å². The Morgan fingerprint density at radius 3 is 1.50 bits per heavy atom. The second-order valence-corrected chi connectivity index (χ2v) is 14.1. The molecule has 0 aromatic heterocycles. The molecule has 0 atom stereocenters. The van der Waals surface area contributed by atoms with Crippen LogP contribution in [0.5, 0.6) is 0 Å². The van der Waals surface area contributed by atoms with Gasteiger partial charge in [-0.05, 0) is 43.0 Å². The van der Waals surface area contributed by atoms with E-state index < -0.39 is 8.07 Å². The highest BCUT2D eigenvalue weighted by molar-refractivity contribution is 7.26. The van der Waals surface area contributed by atoms with Gasteiger partial charge in [-0.2, -0.15) is 0 Å². The molecule has 0 fully saturated rings. The normalized spacial score (nSPS) is 13.9. The summed E-state index contributed by atoms with van der Waals surface area (Å²) < 4.78 is 0. The van der Waals surface area contributed by atoms with E-state index in [-0.39, 0.29) is 6.71 Å². The Kier molecular flexibility index (Phi) is 4.74. The average Bonchev–Trinajstić information content (AvgIpc) is 3.13. The van der Waals surface area contributed by atoms with Crippen LogP contribution in [0.4, 0.5) is 0 Å². The summed E-state index contributed by atoms with van der Waals surface area (Å²) in [5.41, 5.74) is 9.73. The fraction of sp³-hybridized carbons (Fsp3) is 0. The Labute approximate surface area is 225 Å². The van der Waals surface area contributed by atoms with Crippen molar-refractivity contribution in [2.45, 2.75) is 0 Å². The van der Waals surface area contributed by atoms with Gasteiger partial charge in [-0.1, -0.05) is 168 Å². The maximum Gasteiger partial charge on any atom is 0.242 e. The molecule has 6 aromatic carbocycles. The van der Waals surface area contributed by atoms with E-state index in [1.54, 1.807) is 0 Å². The minimum atomic E-state index is -2.60. The second-order valence-electron chi connectivity index (χ2n) is 10.4. The molecule has 0 radical (unpaired) electrons. The van der Waals surface area contributed by atoms with E-state index in [2.05, 4.69) is 152 Å². The van der Waals surface area contributed by atoms with Crippen LogP contribution >= 0.6 is 0 Å². The first kappa shape index (κ1) is 21.7. The SMILES string of the molecule is c1ccc([Si]2(c3ccccc3)c3ccccc3B3c4ccccc4-c4ccccc4-c4cccc2c43)cc1. The van der Waals surface area contributed by atoms with Gasteiger partial charge >= 0.3 is 0 Å². The van der Waals surface area contributed by atoms with Crippen molar-refractivity contribution in [3.8, 4) is 22.3 Å². The van der Waals surface area contributed by atoms with E-state index in [9.17, 15) is 0 Å². The van der Waals surface area contributed by atoms with E-state index in [0.717, 1.165) is 0 Å². The van der Waals surface area contributed by atoms with Crippen LogP contribution in [0.3, 0.4) is 0 Å². The molecule has 0 N–H and O–H groups in total. The first-order chi connectivity index (χ1) is 18.9. The molecule has 0 unspecified atom stereocenters. The van der Waals surface area contributed by atoms with Gasteiger partial charge < -0.3 is 0 Å². The Hall–Kier alpha value is -4.40. The predicted molar refractivity (Wildman–Crippen MR) is 166 cm³/mol. The van der Waals surface area contributed by atoms with Crippen molar-refractivity contribution in [2.24, 2.45) is 0 Å². The van der Waals surface area contributed by atoms with Crippen LogP contribution in [-0.4, -0.2) is 14.8 Å². The van der Waals surface area contributed by atoms with Crippen molar-refractivity contribution in [3.63, 3.8) is 0 Å². The molecule has 2 aliphatic heterocycles. The Balaban J connectivity index is 1.62. The van der Waals surface area contributed by atoms with Gasteiger partial charge in [0.05, 0.1) is 0 Å². The fourth-order valence-electron chi connectivity index (χ4n) is 7.26. The lowest BCUT2D eigenvalue weighted by molar-refractivity contribution is 1.63. The number of hydrogen-bond donors (Lipinski definition) is 0. The lowest BCUT2D eigenvalue weighted by Crippen LogP contribution is -2.86. The summed E-state index contributed by atoms with van der Waals surface area (Å²) in [6, 6.07) is 57.1. The Morgan fingerprint density at radius 2 is 0.816 bits per heavy atom. The zero-order valence-corrected chi connectivity index (χ0v) is 22.0. The zero-order chi connectivity index (χ0) is 25.1. The van der Waals surface area contributed by atoms with Gasteiger partial charge in [0.15, 0.2) is 8.07 Å². The smallest absolute Gasteiger partial charge is 0.0682 e. The molecular formula is C36H25BSi. The quantitative estimate of drug-likeness (QED) is 0.321. The maximum atomic E-state index is 2.45. The first-order valence-corrected chi connectivity index (χ1v) is 15.4. The zero-order valence-electron chi connectivity index (χ0n) is 21.0. The molecule has 0 aliphatic carbocycles. The van der Waals surface area contributed by atoms with E-state index in [1.807, 2.05) is 0 Å². The summed E-state index contributed by atoms with van der Waals surface area (Å²) in [6.07, 6.45) is 0. The van der Waals surface area contributed by atoms with Crippen LogP contribution < -0.4 is 37.1 Å². The molecule has 176 valence electrons. The molecule has 2 aliphatic rings. The minimum absolute atomic E-state index is 0.189. The lowest BCUT2D eigenvalue weighted by atomic mass is 9.35. The Morgan fingerprint density at radius 1 is 0.342 bits per heavy atom. The molecule has 38 heavy (non-hydrogen) atoms. The molecule has 0 spiro atoms. The van der Waals surface area contributed by atoms with Crippen molar-refractivity contribution < 1.29 is 0 Å². The molecule has 2 heteroatoms. The largest absolute Gasteiger partial charge is 0.242 e. The van der Waals surface area contributed by atoms with Gasteiger partial charge in [-0.15, -0.1) is 0 Å².